The minimum Gasteiger partial charge on any atom is -0.335 e. The normalized spacial score (nSPS) is 13.5. The SMILES string of the molecule is CCCC[B-](c1ccccc1)(c1ccccc1)c1ccccc1.CCc1ccc2c(c1)S/C(=C\C=C\c1sc3cc(CC)ccc3[n+]1CC)N2CC. The number of allylic oxidation sites excluding steroid dienone is 2. The molecule has 0 fully saturated rings. The number of thiazole rings is 1. The molecule has 266 valence electrons. The van der Waals surface area contributed by atoms with Crippen molar-refractivity contribution in [2.24, 2.45) is 0 Å². The molecule has 0 radical (unpaired) electrons. The molecule has 1 aliphatic heterocycles. The van der Waals surface area contributed by atoms with Gasteiger partial charge in [0, 0.05) is 23.6 Å². The number of nitrogens with zero attached hydrogens (tertiary/aromatic N) is 2. The van der Waals surface area contributed by atoms with Gasteiger partial charge in [0.05, 0.1) is 16.9 Å². The van der Waals surface area contributed by atoms with Gasteiger partial charge in [0.1, 0.15) is 11.2 Å². The number of hydrogen-bond acceptors (Lipinski definition) is 3. The van der Waals surface area contributed by atoms with Crippen molar-refractivity contribution in [1.82, 2.24) is 0 Å². The van der Waals surface area contributed by atoms with Gasteiger partial charge in [-0.1, -0.05) is 166 Å². The third-order valence-electron chi connectivity index (χ3n) is 10.6. The maximum atomic E-state index is 2.41. The molecule has 2 nitrogen and oxygen atoms in total. The van der Waals surface area contributed by atoms with Crippen LogP contribution in [0.5, 0.6) is 0 Å². The van der Waals surface area contributed by atoms with Crippen LogP contribution in [0.25, 0.3) is 16.3 Å². The molecule has 1 aliphatic rings. The van der Waals surface area contributed by atoms with E-state index < -0.39 is 6.15 Å². The molecule has 5 aromatic carbocycles. The lowest BCUT2D eigenvalue weighted by Gasteiger charge is -2.43. The molecule has 2 heterocycles. The Bertz CT molecular complexity index is 2010. The Labute approximate surface area is 320 Å². The molecule has 0 N–H and O–H groups in total. The highest BCUT2D eigenvalue weighted by atomic mass is 32.2. The molecule has 1 aromatic heterocycles. The summed E-state index contributed by atoms with van der Waals surface area (Å²) in [6.45, 7) is 13.1. The first-order valence-corrected chi connectivity index (χ1v) is 20.9. The van der Waals surface area contributed by atoms with Crippen LogP contribution in [-0.2, 0) is 19.4 Å². The number of rotatable bonds is 12. The molecule has 52 heavy (non-hydrogen) atoms. The van der Waals surface area contributed by atoms with E-state index in [0.29, 0.717) is 0 Å². The second kappa shape index (κ2) is 17.9. The number of thioether (sulfide) groups is 1. The summed E-state index contributed by atoms with van der Waals surface area (Å²) in [6.07, 6.45) is 11.6. The van der Waals surface area contributed by atoms with E-state index in [1.807, 2.05) is 23.1 Å². The van der Waals surface area contributed by atoms with E-state index in [9.17, 15) is 0 Å². The lowest BCUT2D eigenvalue weighted by atomic mass is 9.14. The molecule has 7 rings (SSSR count). The molecule has 0 aliphatic carbocycles. The predicted molar refractivity (Wildman–Crippen MR) is 233 cm³/mol. The molecule has 0 saturated heterocycles. The Morgan fingerprint density at radius 3 is 1.79 bits per heavy atom. The fraction of sp³-hybridized carbons (Fsp3) is 0.255. The summed E-state index contributed by atoms with van der Waals surface area (Å²) < 4.78 is 3.79. The standard InChI is InChI=1S/C25H29N2S2.C22H24B/c1-5-18-12-14-20-22(16-18)28-24(26(20)7-3)10-9-11-25-27(8-4)21-15-13-19(6-2)17-23(21)29-25;1-2-3-19-23(20-13-7-4-8-14-20,21-15-9-5-10-16-21)22-17-11-6-12-18-22/h9-17H,5-8H2,1-4H3;4-18H,2-3,19H2,1H3/q+1;-1. The third kappa shape index (κ3) is 8.01. The highest BCUT2D eigenvalue weighted by molar-refractivity contribution is 8.03. The molecule has 5 heteroatoms. The third-order valence-corrected chi connectivity index (χ3v) is 12.8. The van der Waals surface area contributed by atoms with Crippen molar-refractivity contribution in [3.05, 3.63) is 161 Å². The minimum absolute atomic E-state index is 0.913. The van der Waals surface area contributed by atoms with Crippen molar-refractivity contribution in [3.63, 3.8) is 0 Å². The largest absolute Gasteiger partial charge is 0.335 e. The van der Waals surface area contributed by atoms with Crippen molar-refractivity contribution >= 4 is 67.6 Å². The molecule has 0 saturated carbocycles. The summed E-state index contributed by atoms with van der Waals surface area (Å²) in [7, 11) is 0. The van der Waals surface area contributed by atoms with E-state index in [1.165, 1.54) is 77.5 Å². The Morgan fingerprint density at radius 1 is 0.673 bits per heavy atom. The monoisotopic (exact) mass is 720 g/mol. The molecular weight excluding hydrogens is 667 g/mol. The maximum absolute atomic E-state index is 2.41. The van der Waals surface area contributed by atoms with Crippen LogP contribution in [0.4, 0.5) is 5.69 Å². The fourth-order valence-corrected chi connectivity index (χ4v) is 10.2. The van der Waals surface area contributed by atoms with Gasteiger partial charge in [-0.3, -0.25) is 0 Å². The smallest absolute Gasteiger partial charge is 0.262 e. The number of aryl methyl sites for hydroxylation is 3. The number of aromatic nitrogens is 1. The van der Waals surface area contributed by atoms with Crippen LogP contribution in [0.2, 0.25) is 6.32 Å². The van der Waals surface area contributed by atoms with Crippen LogP contribution in [0, 0.1) is 0 Å². The molecular formula is C47H53BN2S2. The number of unbranched alkanes of at least 4 members (excludes halogenated alkanes) is 1. The van der Waals surface area contributed by atoms with E-state index in [4.69, 9.17) is 0 Å². The van der Waals surface area contributed by atoms with Crippen LogP contribution in [0.3, 0.4) is 0 Å². The highest BCUT2D eigenvalue weighted by Crippen LogP contribution is 2.46. The van der Waals surface area contributed by atoms with Crippen molar-refractivity contribution in [2.45, 2.75) is 78.1 Å². The van der Waals surface area contributed by atoms with Crippen LogP contribution in [-0.4, -0.2) is 12.7 Å². The summed E-state index contributed by atoms with van der Waals surface area (Å²) in [5.41, 5.74) is 9.82. The van der Waals surface area contributed by atoms with Crippen molar-refractivity contribution < 1.29 is 4.57 Å². The lowest BCUT2D eigenvalue weighted by molar-refractivity contribution is -0.665. The average molecular weight is 721 g/mol. The number of anilines is 1. The molecule has 6 aromatic rings. The van der Waals surface area contributed by atoms with Crippen LogP contribution >= 0.6 is 23.1 Å². The number of fused-ring (bicyclic) bond motifs is 2. The van der Waals surface area contributed by atoms with Gasteiger partial charge in [0.2, 0.25) is 5.52 Å². The van der Waals surface area contributed by atoms with E-state index in [-0.39, 0.29) is 0 Å². The molecule has 0 atom stereocenters. The summed E-state index contributed by atoms with van der Waals surface area (Å²) in [6, 6.07) is 46.9. The quantitative estimate of drug-likeness (QED) is 0.0918. The summed E-state index contributed by atoms with van der Waals surface area (Å²) in [5, 5.41) is 2.62. The number of benzene rings is 5. The maximum Gasteiger partial charge on any atom is 0.262 e. The van der Waals surface area contributed by atoms with E-state index in [1.54, 1.807) is 0 Å². The van der Waals surface area contributed by atoms with Crippen molar-refractivity contribution in [1.29, 1.82) is 0 Å². The van der Waals surface area contributed by atoms with Gasteiger partial charge in [-0.25, -0.2) is 0 Å². The van der Waals surface area contributed by atoms with Crippen LogP contribution < -0.4 is 25.9 Å². The topological polar surface area (TPSA) is 7.12 Å². The minimum atomic E-state index is -0.913. The van der Waals surface area contributed by atoms with Gasteiger partial charge in [-0.15, -0.1) is 0 Å². The van der Waals surface area contributed by atoms with Gasteiger partial charge in [-0.05, 0) is 62.1 Å². The van der Waals surface area contributed by atoms with Crippen molar-refractivity contribution in [2.75, 3.05) is 11.4 Å². The summed E-state index contributed by atoms with van der Waals surface area (Å²) >= 11 is 3.77. The lowest BCUT2D eigenvalue weighted by Crippen LogP contribution is -2.66. The van der Waals surface area contributed by atoms with Crippen LogP contribution in [0.1, 0.15) is 63.6 Å². The Hall–Kier alpha value is -4.32. The van der Waals surface area contributed by atoms with Gasteiger partial charge in [0.25, 0.3) is 5.01 Å². The fourth-order valence-electron chi connectivity index (χ4n) is 7.78. The highest BCUT2D eigenvalue weighted by Gasteiger charge is 2.29. The zero-order valence-electron chi connectivity index (χ0n) is 31.6. The first-order chi connectivity index (χ1) is 25.6. The molecule has 0 bridgehead atoms. The number of hydrogen-bond donors (Lipinski definition) is 0. The van der Waals surface area contributed by atoms with Gasteiger partial charge < -0.3 is 4.90 Å². The summed E-state index contributed by atoms with van der Waals surface area (Å²) in [5.74, 6) is 0. The Balaban J connectivity index is 0.000000183. The second-order valence-corrected chi connectivity index (χ2v) is 15.8. The van der Waals surface area contributed by atoms with Gasteiger partial charge in [-0.2, -0.15) is 27.3 Å². The Kier molecular flexibility index (Phi) is 12.9. The van der Waals surface area contributed by atoms with E-state index >= 15 is 0 Å². The van der Waals surface area contributed by atoms with Gasteiger partial charge >= 0.3 is 0 Å². The first kappa shape index (κ1) is 37.4. The predicted octanol–water partition coefficient (Wildman–Crippen LogP) is 10.8. The zero-order chi connectivity index (χ0) is 36.3. The molecule has 0 spiro atoms. The average Bonchev–Trinajstić information content (AvgIpc) is 3.75. The second-order valence-electron chi connectivity index (χ2n) is 13.6. The van der Waals surface area contributed by atoms with Crippen LogP contribution in [0.15, 0.2) is 149 Å². The van der Waals surface area contributed by atoms with E-state index in [2.05, 4.69) is 190 Å². The first-order valence-electron chi connectivity index (χ1n) is 19.3. The van der Waals surface area contributed by atoms with Gasteiger partial charge in [0.15, 0.2) is 0 Å². The molecule has 0 unspecified atom stereocenters. The zero-order valence-corrected chi connectivity index (χ0v) is 33.2. The summed E-state index contributed by atoms with van der Waals surface area (Å²) in [4.78, 5) is 3.79. The van der Waals surface area contributed by atoms with E-state index in [0.717, 1.165) is 25.9 Å². The van der Waals surface area contributed by atoms with Crippen molar-refractivity contribution in [3.8, 4) is 0 Å². The Morgan fingerprint density at radius 2 is 1.25 bits per heavy atom. The molecule has 0 amide bonds.